The summed E-state index contributed by atoms with van der Waals surface area (Å²) in [7, 11) is 0. The van der Waals surface area contributed by atoms with Gasteiger partial charge in [0.15, 0.2) is 0 Å². The molecular weight excluding hydrogens is 310 g/mol. The Morgan fingerprint density at radius 1 is 1.38 bits per heavy atom. The highest BCUT2D eigenvalue weighted by Crippen LogP contribution is 2.39. The third-order valence-corrected chi connectivity index (χ3v) is 3.94. The number of esters is 1. The topological polar surface area (TPSA) is 99.9 Å². The molecule has 0 unspecified atom stereocenters. The molecule has 1 aliphatic carbocycles. The average molecular weight is 339 g/mol. The van der Waals surface area contributed by atoms with Crippen LogP contribution in [0.1, 0.15) is 50.4 Å². The highest BCUT2D eigenvalue weighted by atomic mass is 16.5. The Hall–Kier alpha value is -1.50. The van der Waals surface area contributed by atoms with Crippen LogP contribution in [0, 0.1) is 11.3 Å². The molecule has 1 aromatic heterocycles. The minimum absolute atomic E-state index is 0.0384. The van der Waals surface area contributed by atoms with E-state index in [1.54, 1.807) is 24.5 Å². The van der Waals surface area contributed by atoms with Crippen LogP contribution in [0.3, 0.4) is 0 Å². The Balaban J connectivity index is 0.000000413. The summed E-state index contributed by atoms with van der Waals surface area (Å²) in [4.78, 5) is 15.9. The second-order valence-corrected chi connectivity index (χ2v) is 7.20. The Morgan fingerprint density at radius 2 is 2.04 bits per heavy atom. The molecule has 0 bridgehead atoms. The van der Waals surface area contributed by atoms with E-state index in [2.05, 4.69) is 25.8 Å². The van der Waals surface area contributed by atoms with Crippen LogP contribution >= 0.6 is 0 Å². The van der Waals surface area contributed by atoms with Gasteiger partial charge in [-0.25, -0.2) is 4.79 Å². The first-order valence-corrected chi connectivity index (χ1v) is 8.28. The second-order valence-electron chi connectivity index (χ2n) is 7.20. The summed E-state index contributed by atoms with van der Waals surface area (Å²) >= 11 is 0. The molecule has 1 heterocycles. The molecule has 0 saturated heterocycles. The van der Waals surface area contributed by atoms with Gasteiger partial charge < -0.3 is 20.1 Å². The molecule has 136 valence electrons. The van der Waals surface area contributed by atoms with Gasteiger partial charge in [-0.15, -0.1) is 0 Å². The van der Waals surface area contributed by atoms with Crippen molar-refractivity contribution in [3.63, 3.8) is 0 Å². The number of hydrogen-bond donors (Lipinski definition) is 3. The molecule has 0 aromatic carbocycles. The summed E-state index contributed by atoms with van der Waals surface area (Å²) in [5, 5.41) is 24.0. The fraction of sp³-hybridized carbons (Fsp3) is 0.667. The predicted molar refractivity (Wildman–Crippen MR) is 90.4 cm³/mol. The quantitative estimate of drug-likeness (QED) is 0.723. The van der Waals surface area contributed by atoms with Crippen molar-refractivity contribution in [1.29, 1.82) is 0 Å². The summed E-state index contributed by atoms with van der Waals surface area (Å²) in [5.41, 5.74) is 0.797. The van der Waals surface area contributed by atoms with Crippen LogP contribution in [0.2, 0.25) is 0 Å². The molecular formula is C18H29NO5. The summed E-state index contributed by atoms with van der Waals surface area (Å²) in [5.74, 6) is 0.360. The largest absolute Gasteiger partial charge is 0.459 e. The van der Waals surface area contributed by atoms with Crippen LogP contribution in [-0.4, -0.2) is 51.7 Å². The highest BCUT2D eigenvalue weighted by molar-refractivity contribution is 5.89. The lowest BCUT2D eigenvalue weighted by molar-refractivity contribution is -0.00718. The third kappa shape index (κ3) is 7.38. The maximum atomic E-state index is 12.0. The van der Waals surface area contributed by atoms with Crippen LogP contribution in [0.5, 0.6) is 0 Å². The molecule has 1 fully saturated rings. The Kier molecular flexibility index (Phi) is 8.31. The standard InChI is InChI=1S/C15H21NO2.C3H8O3/c1-11-7-13(9-15(2,3)8-11)18-14(17)12-5-4-6-16-10-12;4-1-3(6)2-5/h4-6,10-11,13H,7-9H2,1-3H3;3-6H,1-2H2/t11-,13-;/m1./s1. The lowest BCUT2D eigenvalue weighted by Gasteiger charge is -2.38. The molecule has 0 amide bonds. The van der Waals surface area contributed by atoms with Crippen molar-refractivity contribution in [1.82, 2.24) is 4.98 Å². The lowest BCUT2D eigenvalue weighted by atomic mass is 9.71. The van der Waals surface area contributed by atoms with Gasteiger partial charge in [-0.05, 0) is 42.7 Å². The molecule has 24 heavy (non-hydrogen) atoms. The van der Waals surface area contributed by atoms with Crippen molar-refractivity contribution in [2.75, 3.05) is 13.2 Å². The Bertz CT molecular complexity index is 487. The molecule has 3 N–H and O–H groups in total. The first-order chi connectivity index (χ1) is 11.3. The SMILES string of the molecule is C[C@@H]1C[C@@H](OC(=O)c2cccnc2)CC(C)(C)C1.OCC(O)CO. The number of carbonyl (C=O) groups excluding carboxylic acids is 1. The minimum atomic E-state index is -0.954. The van der Waals surface area contributed by atoms with E-state index in [1.807, 2.05) is 0 Å². The molecule has 6 heteroatoms. The molecule has 1 aromatic rings. The first kappa shape index (κ1) is 20.5. The number of pyridine rings is 1. The zero-order valence-electron chi connectivity index (χ0n) is 14.7. The van der Waals surface area contributed by atoms with E-state index in [4.69, 9.17) is 20.1 Å². The molecule has 6 nitrogen and oxygen atoms in total. The number of hydrogen-bond acceptors (Lipinski definition) is 6. The zero-order chi connectivity index (χ0) is 18.2. The van der Waals surface area contributed by atoms with Gasteiger partial charge >= 0.3 is 5.97 Å². The molecule has 0 spiro atoms. The van der Waals surface area contributed by atoms with Crippen molar-refractivity contribution in [2.45, 2.75) is 52.2 Å². The van der Waals surface area contributed by atoms with E-state index >= 15 is 0 Å². The molecule has 0 radical (unpaired) electrons. The van der Waals surface area contributed by atoms with Crippen molar-refractivity contribution < 1.29 is 24.9 Å². The number of ether oxygens (including phenoxy) is 1. The summed E-state index contributed by atoms with van der Waals surface area (Å²) in [6.07, 6.45) is 5.41. The Labute approximate surface area is 143 Å². The van der Waals surface area contributed by atoms with E-state index in [-0.39, 0.29) is 30.7 Å². The maximum absolute atomic E-state index is 12.0. The van der Waals surface area contributed by atoms with Crippen molar-refractivity contribution in [3.8, 4) is 0 Å². The van der Waals surface area contributed by atoms with Gasteiger partial charge in [-0.3, -0.25) is 4.98 Å². The zero-order valence-corrected chi connectivity index (χ0v) is 14.7. The predicted octanol–water partition coefficient (Wildman–Crippen LogP) is 1.79. The smallest absolute Gasteiger partial charge is 0.339 e. The van der Waals surface area contributed by atoms with E-state index in [0.29, 0.717) is 11.5 Å². The maximum Gasteiger partial charge on any atom is 0.339 e. The molecule has 2 atom stereocenters. The van der Waals surface area contributed by atoms with E-state index in [9.17, 15) is 4.79 Å². The Morgan fingerprint density at radius 3 is 2.50 bits per heavy atom. The van der Waals surface area contributed by atoms with Crippen LogP contribution in [0.25, 0.3) is 0 Å². The van der Waals surface area contributed by atoms with Crippen molar-refractivity contribution >= 4 is 5.97 Å². The number of rotatable bonds is 4. The fourth-order valence-corrected chi connectivity index (χ4v) is 3.11. The second kappa shape index (κ2) is 9.71. The monoisotopic (exact) mass is 339 g/mol. The highest BCUT2D eigenvalue weighted by Gasteiger charge is 2.34. The van der Waals surface area contributed by atoms with Crippen molar-refractivity contribution in [2.24, 2.45) is 11.3 Å². The number of aromatic nitrogens is 1. The summed E-state index contributed by atoms with van der Waals surface area (Å²) in [6.45, 7) is 5.99. The number of aliphatic hydroxyl groups is 3. The minimum Gasteiger partial charge on any atom is -0.459 e. The molecule has 0 aliphatic heterocycles. The van der Waals surface area contributed by atoms with Crippen LogP contribution < -0.4 is 0 Å². The average Bonchev–Trinajstić information content (AvgIpc) is 2.53. The van der Waals surface area contributed by atoms with Gasteiger partial charge in [0.2, 0.25) is 0 Å². The first-order valence-electron chi connectivity index (χ1n) is 8.28. The van der Waals surface area contributed by atoms with Crippen molar-refractivity contribution in [3.05, 3.63) is 30.1 Å². The molecule has 1 saturated carbocycles. The van der Waals surface area contributed by atoms with E-state index < -0.39 is 6.10 Å². The number of aliphatic hydroxyl groups excluding tert-OH is 3. The normalized spacial score (nSPS) is 22.5. The van der Waals surface area contributed by atoms with Crippen LogP contribution in [0.15, 0.2) is 24.5 Å². The molecule has 2 rings (SSSR count). The van der Waals surface area contributed by atoms with Gasteiger partial charge in [0.1, 0.15) is 12.2 Å². The summed E-state index contributed by atoms with van der Waals surface area (Å²) in [6, 6.07) is 3.50. The van der Waals surface area contributed by atoms with Crippen LogP contribution in [-0.2, 0) is 4.74 Å². The van der Waals surface area contributed by atoms with Gasteiger partial charge in [0.05, 0.1) is 18.8 Å². The van der Waals surface area contributed by atoms with Gasteiger partial charge in [0.25, 0.3) is 0 Å². The fourth-order valence-electron chi connectivity index (χ4n) is 3.11. The van der Waals surface area contributed by atoms with Gasteiger partial charge in [0, 0.05) is 12.4 Å². The van der Waals surface area contributed by atoms with Gasteiger partial charge in [-0.1, -0.05) is 20.8 Å². The molecule has 1 aliphatic rings. The lowest BCUT2D eigenvalue weighted by Crippen LogP contribution is -2.34. The number of carbonyl (C=O) groups is 1. The van der Waals surface area contributed by atoms with Crippen LogP contribution in [0.4, 0.5) is 0 Å². The third-order valence-electron chi connectivity index (χ3n) is 3.94. The number of nitrogens with zero attached hydrogens (tertiary/aromatic N) is 1. The van der Waals surface area contributed by atoms with E-state index in [0.717, 1.165) is 12.8 Å². The summed E-state index contributed by atoms with van der Waals surface area (Å²) < 4.78 is 5.60. The van der Waals surface area contributed by atoms with E-state index in [1.165, 1.54) is 6.42 Å². The van der Waals surface area contributed by atoms with Gasteiger partial charge in [-0.2, -0.15) is 0 Å².